The number of anilines is 1. The van der Waals surface area contributed by atoms with Crippen LogP contribution < -0.4 is 4.90 Å². The zero-order valence-electron chi connectivity index (χ0n) is 14.2. The number of rotatable bonds is 4. The number of hydrogen-bond acceptors (Lipinski definition) is 4. The Bertz CT molecular complexity index is 941. The number of carboxylic acid groups (broad SMARTS) is 1. The summed E-state index contributed by atoms with van der Waals surface area (Å²) in [5.41, 5.74) is 3.64. The summed E-state index contributed by atoms with van der Waals surface area (Å²) in [5.74, 6) is -0.652. The van der Waals surface area contributed by atoms with Crippen LogP contribution in [0.4, 0.5) is 5.69 Å². The van der Waals surface area contributed by atoms with Crippen molar-refractivity contribution in [2.45, 2.75) is 12.8 Å². The number of carbonyl (C=O) groups is 1. The molecule has 0 aliphatic carbocycles. The minimum atomic E-state index is -0.944. The van der Waals surface area contributed by atoms with Gasteiger partial charge in [-0.25, -0.2) is 9.78 Å². The molecular formula is C20H19N3O3. The smallest absolute Gasteiger partial charge is 0.335 e. The van der Waals surface area contributed by atoms with Gasteiger partial charge in [-0.15, -0.1) is 0 Å². The lowest BCUT2D eigenvalue weighted by Crippen LogP contribution is -2.17. The van der Waals surface area contributed by atoms with Crippen LogP contribution in [-0.4, -0.2) is 38.8 Å². The van der Waals surface area contributed by atoms with E-state index in [-0.39, 0.29) is 5.56 Å². The fraction of sp³-hybridized carbons (Fsp3) is 0.200. The third-order valence-electron chi connectivity index (χ3n) is 4.71. The van der Waals surface area contributed by atoms with E-state index >= 15 is 0 Å². The quantitative estimate of drug-likeness (QED) is 0.753. The maximum Gasteiger partial charge on any atom is 0.335 e. The van der Waals surface area contributed by atoms with Gasteiger partial charge in [-0.1, -0.05) is 12.1 Å². The highest BCUT2D eigenvalue weighted by Crippen LogP contribution is 2.32. The molecule has 6 heteroatoms. The Morgan fingerprint density at radius 1 is 1.04 bits per heavy atom. The third kappa shape index (κ3) is 3.01. The third-order valence-corrected chi connectivity index (χ3v) is 4.71. The fourth-order valence-corrected chi connectivity index (χ4v) is 3.28. The van der Waals surface area contributed by atoms with E-state index in [1.54, 1.807) is 36.7 Å². The van der Waals surface area contributed by atoms with E-state index in [9.17, 15) is 9.90 Å². The first-order valence-electron chi connectivity index (χ1n) is 8.58. The second kappa shape index (κ2) is 6.55. The van der Waals surface area contributed by atoms with E-state index < -0.39 is 5.97 Å². The highest BCUT2D eigenvalue weighted by Gasteiger charge is 2.16. The zero-order chi connectivity index (χ0) is 18.1. The predicted octanol–water partition coefficient (Wildman–Crippen LogP) is 3.54. The van der Waals surface area contributed by atoms with Gasteiger partial charge in [0.15, 0.2) is 0 Å². The summed E-state index contributed by atoms with van der Waals surface area (Å²) in [6, 6.07) is 12.2. The van der Waals surface area contributed by atoms with Crippen molar-refractivity contribution in [1.82, 2.24) is 9.55 Å². The highest BCUT2D eigenvalue weighted by molar-refractivity contribution is 5.88. The summed E-state index contributed by atoms with van der Waals surface area (Å²) in [7, 11) is 0. The van der Waals surface area contributed by atoms with Crippen molar-refractivity contribution in [2.24, 2.45) is 0 Å². The topological polar surface area (TPSA) is 78.6 Å². The molecule has 1 saturated heterocycles. The number of hydrogen-bond donors (Lipinski definition) is 2. The van der Waals surface area contributed by atoms with Crippen molar-refractivity contribution in [1.29, 1.82) is 0 Å². The summed E-state index contributed by atoms with van der Waals surface area (Å²) in [5, 5.41) is 19.2. The molecule has 1 aliphatic rings. The van der Waals surface area contributed by atoms with E-state index in [4.69, 9.17) is 5.11 Å². The number of imidazole rings is 1. The molecule has 132 valence electrons. The van der Waals surface area contributed by atoms with Gasteiger partial charge in [-0.05, 0) is 43.2 Å². The van der Waals surface area contributed by atoms with Crippen LogP contribution in [0.15, 0.2) is 55.0 Å². The van der Waals surface area contributed by atoms with Crippen molar-refractivity contribution in [3.8, 4) is 22.7 Å². The average molecular weight is 349 g/mol. The summed E-state index contributed by atoms with van der Waals surface area (Å²) in [4.78, 5) is 17.6. The zero-order valence-corrected chi connectivity index (χ0v) is 14.2. The Kier molecular flexibility index (Phi) is 4.08. The fourth-order valence-electron chi connectivity index (χ4n) is 3.28. The van der Waals surface area contributed by atoms with Crippen LogP contribution in [-0.2, 0) is 0 Å². The maximum absolute atomic E-state index is 11.0. The van der Waals surface area contributed by atoms with Crippen molar-refractivity contribution in [3.05, 3.63) is 60.6 Å². The van der Waals surface area contributed by atoms with Crippen LogP contribution >= 0.6 is 0 Å². The van der Waals surface area contributed by atoms with Gasteiger partial charge in [0.2, 0.25) is 0 Å². The SMILES string of the molecule is O=C(O)c1ccc(-c2cn(-c3ccc(O)c(N4CCCC4)c3)cn2)cc1. The molecule has 2 heterocycles. The van der Waals surface area contributed by atoms with E-state index in [0.717, 1.165) is 48.6 Å². The molecule has 0 spiro atoms. The molecule has 0 radical (unpaired) electrons. The summed E-state index contributed by atoms with van der Waals surface area (Å²) in [6.45, 7) is 1.92. The first-order chi connectivity index (χ1) is 12.6. The Balaban J connectivity index is 1.63. The van der Waals surface area contributed by atoms with E-state index in [1.165, 1.54) is 0 Å². The maximum atomic E-state index is 11.0. The van der Waals surface area contributed by atoms with E-state index in [0.29, 0.717) is 5.75 Å². The standard InChI is InChI=1S/C20H19N3O3/c24-19-8-7-16(11-18(19)22-9-1-2-10-22)23-12-17(21-13-23)14-3-5-15(6-4-14)20(25)26/h3-8,11-13,24H,1-2,9-10H2,(H,25,26). The highest BCUT2D eigenvalue weighted by atomic mass is 16.4. The molecule has 0 amide bonds. The van der Waals surface area contributed by atoms with Crippen LogP contribution in [0.2, 0.25) is 0 Å². The minimum absolute atomic E-state index is 0.252. The first kappa shape index (κ1) is 16.2. The van der Waals surface area contributed by atoms with Crippen LogP contribution in [0.25, 0.3) is 16.9 Å². The molecule has 0 atom stereocenters. The Labute approximate surface area is 151 Å². The number of aromatic carboxylic acids is 1. The van der Waals surface area contributed by atoms with Gasteiger partial charge in [0.05, 0.1) is 23.3 Å². The minimum Gasteiger partial charge on any atom is -0.506 e. The van der Waals surface area contributed by atoms with Crippen LogP contribution in [0, 0.1) is 0 Å². The molecule has 4 rings (SSSR count). The summed E-state index contributed by atoms with van der Waals surface area (Å²) < 4.78 is 1.90. The molecule has 1 fully saturated rings. The molecule has 0 saturated carbocycles. The van der Waals surface area contributed by atoms with Gasteiger partial charge in [-0.2, -0.15) is 0 Å². The molecule has 1 aromatic heterocycles. The number of phenolic OH excluding ortho intramolecular Hbond substituents is 1. The van der Waals surface area contributed by atoms with Gasteiger partial charge < -0.3 is 19.7 Å². The Hall–Kier alpha value is -3.28. The first-order valence-corrected chi connectivity index (χ1v) is 8.58. The van der Waals surface area contributed by atoms with Gasteiger partial charge in [0, 0.05) is 30.5 Å². The summed E-state index contributed by atoms with van der Waals surface area (Å²) in [6.07, 6.45) is 5.91. The van der Waals surface area contributed by atoms with Crippen molar-refractivity contribution in [3.63, 3.8) is 0 Å². The Morgan fingerprint density at radius 3 is 2.46 bits per heavy atom. The number of benzene rings is 2. The monoisotopic (exact) mass is 349 g/mol. The largest absolute Gasteiger partial charge is 0.506 e. The van der Waals surface area contributed by atoms with E-state index in [2.05, 4.69) is 9.88 Å². The second-order valence-electron chi connectivity index (χ2n) is 6.42. The van der Waals surface area contributed by atoms with Gasteiger partial charge in [0.1, 0.15) is 5.75 Å². The lowest BCUT2D eigenvalue weighted by Gasteiger charge is -2.19. The molecule has 0 unspecified atom stereocenters. The molecular weight excluding hydrogens is 330 g/mol. The molecule has 26 heavy (non-hydrogen) atoms. The number of phenols is 1. The number of aromatic nitrogens is 2. The summed E-state index contributed by atoms with van der Waals surface area (Å²) >= 11 is 0. The van der Waals surface area contributed by atoms with Gasteiger partial charge in [0.25, 0.3) is 0 Å². The molecule has 6 nitrogen and oxygen atoms in total. The average Bonchev–Trinajstić information content (AvgIpc) is 3.34. The lowest BCUT2D eigenvalue weighted by molar-refractivity contribution is 0.0697. The van der Waals surface area contributed by atoms with Crippen molar-refractivity contribution >= 4 is 11.7 Å². The molecule has 2 N–H and O–H groups in total. The predicted molar refractivity (Wildman–Crippen MR) is 99.1 cm³/mol. The molecule has 3 aromatic rings. The van der Waals surface area contributed by atoms with Gasteiger partial charge >= 0.3 is 5.97 Å². The Morgan fingerprint density at radius 2 is 1.77 bits per heavy atom. The normalized spacial score (nSPS) is 13.9. The van der Waals surface area contributed by atoms with Crippen molar-refractivity contribution < 1.29 is 15.0 Å². The van der Waals surface area contributed by atoms with E-state index in [1.807, 2.05) is 22.9 Å². The molecule has 1 aliphatic heterocycles. The molecule has 0 bridgehead atoms. The number of aromatic hydroxyl groups is 1. The van der Waals surface area contributed by atoms with Crippen LogP contribution in [0.3, 0.4) is 0 Å². The lowest BCUT2D eigenvalue weighted by atomic mass is 10.1. The second-order valence-corrected chi connectivity index (χ2v) is 6.42. The number of nitrogens with zero attached hydrogens (tertiary/aromatic N) is 3. The number of carboxylic acids is 1. The van der Waals surface area contributed by atoms with Crippen LogP contribution in [0.1, 0.15) is 23.2 Å². The van der Waals surface area contributed by atoms with Crippen LogP contribution in [0.5, 0.6) is 5.75 Å². The van der Waals surface area contributed by atoms with Crippen molar-refractivity contribution in [2.75, 3.05) is 18.0 Å². The van der Waals surface area contributed by atoms with Gasteiger partial charge in [-0.3, -0.25) is 0 Å². The molecule has 2 aromatic carbocycles.